The van der Waals surface area contributed by atoms with E-state index in [4.69, 9.17) is 0 Å². The summed E-state index contributed by atoms with van der Waals surface area (Å²) >= 11 is 0. The molecule has 0 bridgehead atoms. The lowest BCUT2D eigenvalue weighted by Crippen LogP contribution is -2.36. The molecule has 0 spiro atoms. The van der Waals surface area contributed by atoms with Crippen LogP contribution in [-0.4, -0.2) is 35.5 Å². The Labute approximate surface area is 125 Å². The Bertz CT molecular complexity index is 436. The van der Waals surface area contributed by atoms with Gasteiger partial charge < -0.3 is 5.32 Å². The van der Waals surface area contributed by atoms with Crippen molar-refractivity contribution >= 4 is 18.1 Å². The first kappa shape index (κ1) is 16.9. The zero-order valence-electron chi connectivity index (χ0n) is 11.7. The van der Waals surface area contributed by atoms with Crippen molar-refractivity contribution in [3.8, 4) is 0 Å². The highest BCUT2D eigenvalue weighted by Crippen LogP contribution is 2.18. The fraction of sp³-hybridized carbons (Fsp3) is 0.571. The first-order valence-corrected chi connectivity index (χ1v) is 6.89. The summed E-state index contributed by atoms with van der Waals surface area (Å²) in [7, 11) is 0. The molecule has 112 valence electrons. The van der Waals surface area contributed by atoms with Crippen molar-refractivity contribution in [1.82, 2.24) is 10.2 Å². The highest BCUT2D eigenvalue weighted by Gasteiger charge is 2.22. The molecule has 1 atom stereocenters. The summed E-state index contributed by atoms with van der Waals surface area (Å²) < 4.78 is 0. The maximum atomic E-state index is 10.8. The quantitative estimate of drug-likeness (QED) is 0.648. The minimum Gasteiger partial charge on any atom is -0.315 e. The number of nitro benzene ring substituents is 1. The highest BCUT2D eigenvalue weighted by atomic mass is 35.5. The number of rotatable bonds is 6. The maximum absolute atomic E-state index is 10.8. The smallest absolute Gasteiger partial charge is 0.269 e. The van der Waals surface area contributed by atoms with Crippen LogP contribution in [0.25, 0.3) is 0 Å². The van der Waals surface area contributed by atoms with Crippen molar-refractivity contribution in [2.24, 2.45) is 0 Å². The molecule has 1 aromatic rings. The summed E-state index contributed by atoms with van der Waals surface area (Å²) in [4.78, 5) is 12.9. The van der Waals surface area contributed by atoms with E-state index in [-0.39, 0.29) is 23.0 Å². The van der Waals surface area contributed by atoms with Crippen LogP contribution in [0.4, 0.5) is 5.69 Å². The molecule has 2 rings (SSSR count). The largest absolute Gasteiger partial charge is 0.315 e. The molecule has 0 saturated carbocycles. The molecule has 1 aromatic carbocycles. The van der Waals surface area contributed by atoms with Gasteiger partial charge in [0.15, 0.2) is 0 Å². The van der Waals surface area contributed by atoms with Gasteiger partial charge in [0.25, 0.3) is 5.69 Å². The number of nitrogens with one attached hydrogen (secondary N) is 1. The molecule has 5 nitrogen and oxygen atoms in total. The van der Waals surface area contributed by atoms with Crippen LogP contribution in [0.2, 0.25) is 0 Å². The number of nitro groups is 1. The number of hydrogen-bond acceptors (Lipinski definition) is 4. The van der Waals surface area contributed by atoms with E-state index < -0.39 is 0 Å². The van der Waals surface area contributed by atoms with E-state index in [1.807, 2.05) is 6.07 Å². The first-order valence-electron chi connectivity index (χ1n) is 6.89. The summed E-state index contributed by atoms with van der Waals surface area (Å²) in [5.74, 6) is 0. The Morgan fingerprint density at radius 3 is 2.90 bits per heavy atom. The molecular formula is C14H22ClN3O2. The number of benzene rings is 1. The molecule has 1 aliphatic heterocycles. The Hall–Kier alpha value is -1.17. The topological polar surface area (TPSA) is 58.4 Å². The third kappa shape index (κ3) is 4.44. The van der Waals surface area contributed by atoms with Crippen LogP contribution in [0.1, 0.15) is 25.3 Å². The number of halogens is 1. The molecule has 1 unspecified atom stereocenters. The van der Waals surface area contributed by atoms with Crippen molar-refractivity contribution in [2.45, 2.75) is 32.4 Å². The number of nitrogens with zero attached hydrogens (tertiary/aromatic N) is 2. The lowest BCUT2D eigenvalue weighted by Gasteiger charge is -2.27. The molecule has 0 amide bonds. The molecule has 6 heteroatoms. The Morgan fingerprint density at radius 1 is 1.50 bits per heavy atom. The Balaban J connectivity index is 0.00000200. The minimum absolute atomic E-state index is 0. The SMILES string of the molecule is CCCN(Cc1cccc([N+](=O)[O-])c1)C1CCNC1.Cl. The number of hydrogen-bond donors (Lipinski definition) is 1. The van der Waals surface area contributed by atoms with Crippen LogP contribution >= 0.6 is 12.4 Å². The van der Waals surface area contributed by atoms with Crippen LogP contribution in [0, 0.1) is 10.1 Å². The molecule has 1 heterocycles. The van der Waals surface area contributed by atoms with Gasteiger partial charge in [-0.2, -0.15) is 0 Å². The maximum Gasteiger partial charge on any atom is 0.269 e. The van der Waals surface area contributed by atoms with E-state index in [0.717, 1.165) is 44.6 Å². The van der Waals surface area contributed by atoms with Crippen LogP contribution in [0.3, 0.4) is 0 Å². The summed E-state index contributed by atoms with van der Waals surface area (Å²) in [5, 5.41) is 14.2. The standard InChI is InChI=1S/C14H21N3O2.ClH/c1-2-8-16(14-6-7-15-10-14)11-12-4-3-5-13(9-12)17(18)19;/h3-5,9,14-15H,2,6-8,10-11H2,1H3;1H. The molecule has 0 aromatic heterocycles. The Morgan fingerprint density at radius 2 is 2.30 bits per heavy atom. The van der Waals surface area contributed by atoms with E-state index in [1.165, 1.54) is 0 Å². The van der Waals surface area contributed by atoms with Crippen molar-refractivity contribution in [1.29, 1.82) is 0 Å². The molecule has 0 aliphatic carbocycles. The van der Waals surface area contributed by atoms with Crippen molar-refractivity contribution in [2.75, 3.05) is 19.6 Å². The van der Waals surface area contributed by atoms with Gasteiger partial charge in [0.05, 0.1) is 4.92 Å². The lowest BCUT2D eigenvalue weighted by molar-refractivity contribution is -0.384. The molecule has 1 N–H and O–H groups in total. The van der Waals surface area contributed by atoms with Gasteiger partial charge in [0, 0.05) is 31.3 Å². The second-order valence-corrected chi connectivity index (χ2v) is 5.04. The third-order valence-electron chi connectivity index (χ3n) is 3.57. The van der Waals surface area contributed by atoms with E-state index >= 15 is 0 Å². The summed E-state index contributed by atoms with van der Waals surface area (Å²) in [6.45, 7) is 6.09. The molecule has 0 radical (unpaired) electrons. The molecule has 1 aliphatic rings. The van der Waals surface area contributed by atoms with Gasteiger partial charge in [-0.3, -0.25) is 15.0 Å². The predicted molar refractivity (Wildman–Crippen MR) is 82.3 cm³/mol. The Kier molecular flexibility index (Phi) is 6.91. The molecule has 1 saturated heterocycles. The van der Waals surface area contributed by atoms with Gasteiger partial charge in [-0.25, -0.2) is 0 Å². The predicted octanol–water partition coefficient (Wildman–Crippen LogP) is 2.59. The number of non-ortho nitro benzene ring substituents is 1. The van der Waals surface area contributed by atoms with Crippen LogP contribution in [0.5, 0.6) is 0 Å². The highest BCUT2D eigenvalue weighted by molar-refractivity contribution is 5.85. The van der Waals surface area contributed by atoms with E-state index in [1.54, 1.807) is 18.2 Å². The fourth-order valence-corrected chi connectivity index (χ4v) is 2.63. The van der Waals surface area contributed by atoms with Crippen LogP contribution in [-0.2, 0) is 6.54 Å². The summed E-state index contributed by atoms with van der Waals surface area (Å²) in [6, 6.07) is 7.53. The summed E-state index contributed by atoms with van der Waals surface area (Å²) in [6.07, 6.45) is 2.26. The van der Waals surface area contributed by atoms with Gasteiger partial charge in [-0.1, -0.05) is 19.1 Å². The van der Waals surface area contributed by atoms with Crippen molar-refractivity contribution in [3.05, 3.63) is 39.9 Å². The average molecular weight is 300 g/mol. The molecular weight excluding hydrogens is 278 g/mol. The first-order chi connectivity index (χ1) is 9.20. The monoisotopic (exact) mass is 299 g/mol. The van der Waals surface area contributed by atoms with E-state index in [9.17, 15) is 10.1 Å². The van der Waals surface area contributed by atoms with Crippen molar-refractivity contribution < 1.29 is 4.92 Å². The zero-order valence-corrected chi connectivity index (χ0v) is 12.6. The van der Waals surface area contributed by atoms with Gasteiger partial charge >= 0.3 is 0 Å². The van der Waals surface area contributed by atoms with Gasteiger partial charge in [-0.15, -0.1) is 12.4 Å². The fourth-order valence-electron chi connectivity index (χ4n) is 2.63. The lowest BCUT2D eigenvalue weighted by atomic mass is 10.1. The normalized spacial score (nSPS) is 18.0. The summed E-state index contributed by atoms with van der Waals surface area (Å²) in [5.41, 5.74) is 1.20. The second kappa shape index (κ2) is 8.19. The van der Waals surface area contributed by atoms with Gasteiger partial charge in [0.1, 0.15) is 0 Å². The van der Waals surface area contributed by atoms with E-state index in [0.29, 0.717) is 6.04 Å². The second-order valence-electron chi connectivity index (χ2n) is 5.04. The third-order valence-corrected chi connectivity index (χ3v) is 3.57. The zero-order chi connectivity index (χ0) is 13.7. The van der Waals surface area contributed by atoms with Gasteiger partial charge in [0.2, 0.25) is 0 Å². The van der Waals surface area contributed by atoms with Crippen LogP contribution in [0.15, 0.2) is 24.3 Å². The minimum atomic E-state index is -0.329. The molecule has 1 fully saturated rings. The van der Waals surface area contributed by atoms with E-state index in [2.05, 4.69) is 17.1 Å². The van der Waals surface area contributed by atoms with Gasteiger partial charge in [-0.05, 0) is 31.5 Å². The van der Waals surface area contributed by atoms with Crippen molar-refractivity contribution in [3.63, 3.8) is 0 Å². The van der Waals surface area contributed by atoms with Crippen LogP contribution < -0.4 is 5.32 Å². The molecule has 20 heavy (non-hydrogen) atoms. The average Bonchev–Trinajstić information content (AvgIpc) is 2.92.